The third kappa shape index (κ3) is 3.07. The molecule has 2 saturated heterocycles. The van der Waals surface area contributed by atoms with E-state index in [4.69, 9.17) is 4.74 Å². The Morgan fingerprint density at radius 2 is 2.25 bits per heavy atom. The minimum atomic E-state index is -0.135. The number of nitrogens with one attached hydrogen (secondary N) is 2. The molecular weight excluding hydrogens is 304 g/mol. The number of likely N-dealkylation sites (tertiary alicyclic amines) is 1. The van der Waals surface area contributed by atoms with Gasteiger partial charge in [-0.15, -0.1) is 0 Å². The van der Waals surface area contributed by atoms with Crippen LogP contribution in [0.5, 0.6) is 5.75 Å². The van der Waals surface area contributed by atoms with E-state index in [1.54, 1.807) is 12.4 Å². The molecule has 6 nitrogen and oxygen atoms in total. The molecule has 2 aliphatic rings. The summed E-state index contributed by atoms with van der Waals surface area (Å²) in [4.78, 5) is 18.6. The summed E-state index contributed by atoms with van der Waals surface area (Å²) in [6, 6.07) is 1.88. The zero-order valence-corrected chi connectivity index (χ0v) is 15.1. The van der Waals surface area contributed by atoms with Crippen LogP contribution in [0, 0.1) is 5.41 Å². The molecule has 6 heteroatoms. The van der Waals surface area contributed by atoms with Gasteiger partial charge in [0.1, 0.15) is 11.9 Å². The van der Waals surface area contributed by atoms with Gasteiger partial charge in [-0.25, -0.2) is 4.79 Å². The van der Waals surface area contributed by atoms with Gasteiger partial charge in [-0.3, -0.25) is 4.98 Å². The number of hydrogen-bond donors (Lipinski definition) is 2. The number of amides is 2. The van der Waals surface area contributed by atoms with Crippen molar-refractivity contribution in [2.24, 2.45) is 5.41 Å². The van der Waals surface area contributed by atoms with E-state index >= 15 is 0 Å². The molecule has 2 fully saturated rings. The molecule has 0 saturated carbocycles. The van der Waals surface area contributed by atoms with Gasteiger partial charge in [0.05, 0.1) is 6.20 Å². The lowest BCUT2D eigenvalue weighted by Crippen LogP contribution is -2.72. The second-order valence-corrected chi connectivity index (χ2v) is 7.90. The normalized spacial score (nSPS) is 24.3. The van der Waals surface area contributed by atoms with Gasteiger partial charge in [-0.05, 0) is 32.9 Å². The Bertz CT molecular complexity index is 609. The van der Waals surface area contributed by atoms with E-state index in [1.165, 1.54) is 0 Å². The van der Waals surface area contributed by atoms with E-state index in [2.05, 4.69) is 43.3 Å². The average Bonchev–Trinajstić information content (AvgIpc) is 3.04. The van der Waals surface area contributed by atoms with Crippen LogP contribution < -0.4 is 15.4 Å². The lowest BCUT2D eigenvalue weighted by molar-refractivity contribution is -0.0808. The van der Waals surface area contributed by atoms with Gasteiger partial charge >= 0.3 is 6.03 Å². The molecule has 1 atom stereocenters. The van der Waals surface area contributed by atoms with Crippen LogP contribution in [0.25, 0.3) is 0 Å². The van der Waals surface area contributed by atoms with Gasteiger partial charge in [-0.1, -0.05) is 13.8 Å². The molecule has 1 aromatic rings. The largest absolute Gasteiger partial charge is 0.487 e. The maximum Gasteiger partial charge on any atom is 0.318 e. The summed E-state index contributed by atoms with van der Waals surface area (Å²) in [6.45, 7) is 11.7. The first kappa shape index (κ1) is 17.0. The molecule has 3 rings (SSSR count). The summed E-state index contributed by atoms with van der Waals surface area (Å²) in [6.07, 6.45) is 4.64. The fraction of sp³-hybridized carbons (Fsp3) is 0.667. The Labute approximate surface area is 144 Å². The van der Waals surface area contributed by atoms with Gasteiger partial charge < -0.3 is 20.3 Å². The van der Waals surface area contributed by atoms with Gasteiger partial charge in [0.25, 0.3) is 0 Å². The maximum atomic E-state index is 12.5. The first-order chi connectivity index (χ1) is 11.3. The van der Waals surface area contributed by atoms with E-state index in [9.17, 15) is 4.79 Å². The first-order valence-corrected chi connectivity index (χ1v) is 8.67. The molecule has 2 amide bonds. The Morgan fingerprint density at radius 3 is 2.88 bits per heavy atom. The Hall–Kier alpha value is -1.82. The van der Waals surface area contributed by atoms with Crippen molar-refractivity contribution in [1.29, 1.82) is 0 Å². The molecule has 0 spiro atoms. The zero-order valence-electron chi connectivity index (χ0n) is 15.1. The summed E-state index contributed by atoms with van der Waals surface area (Å²) in [7, 11) is 0. The van der Waals surface area contributed by atoms with Crippen molar-refractivity contribution in [3.8, 4) is 5.75 Å². The van der Waals surface area contributed by atoms with Crippen LogP contribution in [-0.2, 0) is 6.54 Å². The van der Waals surface area contributed by atoms with E-state index in [0.717, 1.165) is 37.4 Å². The van der Waals surface area contributed by atoms with E-state index in [1.807, 2.05) is 11.0 Å². The minimum Gasteiger partial charge on any atom is -0.487 e. The van der Waals surface area contributed by atoms with Crippen molar-refractivity contribution >= 4 is 6.03 Å². The van der Waals surface area contributed by atoms with Gasteiger partial charge in [-0.2, -0.15) is 0 Å². The van der Waals surface area contributed by atoms with Gasteiger partial charge in [0, 0.05) is 42.3 Å². The number of ether oxygens (including phenoxy) is 1. The third-order valence-corrected chi connectivity index (χ3v) is 5.74. The summed E-state index contributed by atoms with van der Waals surface area (Å²) < 4.78 is 6.02. The van der Waals surface area contributed by atoms with Crippen molar-refractivity contribution in [3.63, 3.8) is 0 Å². The van der Waals surface area contributed by atoms with Crippen LogP contribution in [0.1, 0.15) is 39.7 Å². The summed E-state index contributed by atoms with van der Waals surface area (Å²) in [5.41, 5.74) is 0.970. The maximum absolute atomic E-state index is 12.5. The molecule has 2 N–H and O–H groups in total. The molecule has 3 heterocycles. The number of hydrogen-bond acceptors (Lipinski definition) is 4. The van der Waals surface area contributed by atoms with Crippen LogP contribution in [0.4, 0.5) is 4.79 Å². The van der Waals surface area contributed by atoms with E-state index in [0.29, 0.717) is 6.54 Å². The molecule has 0 unspecified atom stereocenters. The molecule has 0 aliphatic carbocycles. The lowest BCUT2D eigenvalue weighted by atomic mass is 9.65. The summed E-state index contributed by atoms with van der Waals surface area (Å²) in [5.74, 6) is 0.759. The van der Waals surface area contributed by atoms with Crippen LogP contribution in [-0.4, -0.2) is 47.2 Å². The Morgan fingerprint density at radius 1 is 1.46 bits per heavy atom. The molecule has 1 aromatic heterocycles. The van der Waals surface area contributed by atoms with Crippen LogP contribution in [0.3, 0.4) is 0 Å². The molecule has 0 radical (unpaired) electrons. The lowest BCUT2D eigenvalue weighted by Gasteiger charge is -2.61. The fourth-order valence-corrected chi connectivity index (χ4v) is 3.22. The SMILES string of the molecule is CC1(C)CN(C(=O)NCc2ccncc2O[C@H]2CCNC2)C1(C)C. The monoisotopic (exact) mass is 332 g/mol. The zero-order chi connectivity index (χ0) is 17.4. The highest BCUT2D eigenvalue weighted by molar-refractivity contribution is 5.76. The minimum absolute atomic E-state index is 0.0235. The van der Waals surface area contributed by atoms with Crippen LogP contribution in [0.2, 0.25) is 0 Å². The predicted octanol–water partition coefficient (Wildman–Crippen LogP) is 2.15. The van der Waals surface area contributed by atoms with Crippen molar-refractivity contribution in [2.45, 2.75) is 52.3 Å². The number of pyridine rings is 1. The van der Waals surface area contributed by atoms with Crippen molar-refractivity contribution in [2.75, 3.05) is 19.6 Å². The topological polar surface area (TPSA) is 66.5 Å². The molecule has 0 aromatic carbocycles. The molecule has 0 bridgehead atoms. The number of carbonyl (C=O) groups excluding carboxylic acids is 1. The number of rotatable bonds is 4. The number of nitrogens with zero attached hydrogens (tertiary/aromatic N) is 2. The second kappa shape index (κ2) is 6.24. The average molecular weight is 332 g/mol. The summed E-state index contributed by atoms with van der Waals surface area (Å²) >= 11 is 0. The molecular formula is C18H28N4O2. The number of carbonyl (C=O) groups is 1. The molecule has 2 aliphatic heterocycles. The van der Waals surface area contributed by atoms with Crippen molar-refractivity contribution in [3.05, 3.63) is 24.0 Å². The highest BCUT2D eigenvalue weighted by Crippen LogP contribution is 2.46. The number of urea groups is 1. The number of aromatic nitrogens is 1. The molecule has 24 heavy (non-hydrogen) atoms. The van der Waals surface area contributed by atoms with Gasteiger partial charge in [0.2, 0.25) is 0 Å². The van der Waals surface area contributed by atoms with Crippen LogP contribution >= 0.6 is 0 Å². The van der Waals surface area contributed by atoms with Crippen molar-refractivity contribution in [1.82, 2.24) is 20.5 Å². The standard InChI is InChI=1S/C18H28N4O2/c1-17(2)12-22(18(17,3)4)16(23)21-9-13-5-7-20-11-15(13)24-14-6-8-19-10-14/h5,7,11,14,19H,6,8-10,12H2,1-4H3,(H,21,23)/t14-/m0/s1. The Kier molecular flexibility index (Phi) is 4.42. The first-order valence-electron chi connectivity index (χ1n) is 8.67. The predicted molar refractivity (Wildman–Crippen MR) is 92.9 cm³/mol. The quantitative estimate of drug-likeness (QED) is 0.887. The van der Waals surface area contributed by atoms with Crippen molar-refractivity contribution < 1.29 is 9.53 Å². The fourth-order valence-electron chi connectivity index (χ4n) is 3.22. The van der Waals surface area contributed by atoms with E-state index in [-0.39, 0.29) is 23.1 Å². The Balaban J connectivity index is 1.60. The summed E-state index contributed by atoms with van der Waals surface area (Å²) in [5, 5.41) is 6.31. The van der Waals surface area contributed by atoms with Gasteiger partial charge in [0.15, 0.2) is 0 Å². The third-order valence-electron chi connectivity index (χ3n) is 5.74. The highest BCUT2D eigenvalue weighted by Gasteiger charge is 2.54. The van der Waals surface area contributed by atoms with E-state index < -0.39 is 0 Å². The second-order valence-electron chi connectivity index (χ2n) is 7.90. The highest BCUT2D eigenvalue weighted by atomic mass is 16.5. The molecule has 132 valence electrons. The van der Waals surface area contributed by atoms with Crippen LogP contribution in [0.15, 0.2) is 18.5 Å². The smallest absolute Gasteiger partial charge is 0.318 e.